The summed E-state index contributed by atoms with van der Waals surface area (Å²) in [6, 6.07) is 15.9. The molecule has 0 aliphatic rings. The Morgan fingerprint density at radius 1 is 1.04 bits per heavy atom. The molecule has 4 rings (SSSR count). The highest BCUT2D eigenvalue weighted by molar-refractivity contribution is 5.72. The van der Waals surface area contributed by atoms with Crippen molar-refractivity contribution in [3.63, 3.8) is 0 Å². The van der Waals surface area contributed by atoms with Gasteiger partial charge in [-0.05, 0) is 28.8 Å². The molecule has 2 aromatic heterocycles. The largest absolute Gasteiger partial charge is 0.439 e. The second-order valence-corrected chi connectivity index (χ2v) is 6.00. The maximum Gasteiger partial charge on any atom is 0.219 e. The Morgan fingerprint density at radius 3 is 2.58 bits per heavy atom. The Morgan fingerprint density at radius 2 is 1.83 bits per heavy atom. The molecule has 0 fully saturated rings. The molecule has 120 valence electrons. The Kier molecular flexibility index (Phi) is 3.57. The number of nitrogens with zero attached hydrogens (tertiary/aromatic N) is 5. The Balaban J connectivity index is 1.55. The van der Waals surface area contributed by atoms with Crippen LogP contribution >= 0.6 is 0 Å². The smallest absolute Gasteiger partial charge is 0.219 e. The zero-order valence-corrected chi connectivity index (χ0v) is 13.5. The molecule has 0 bridgehead atoms. The standard InChI is InChI=1S/C18H17N5O/c1-12(2)13-7-9-14(10-8-13)18-20-22-23(21-18)11-17-19-15-5-3-4-6-16(15)24-17/h3-10,12H,11H2,1-2H3. The maximum absolute atomic E-state index is 5.69. The van der Waals surface area contributed by atoms with Gasteiger partial charge < -0.3 is 4.42 Å². The third-order valence-electron chi connectivity index (χ3n) is 3.90. The number of benzene rings is 2. The minimum Gasteiger partial charge on any atom is -0.439 e. The number of rotatable bonds is 4. The van der Waals surface area contributed by atoms with E-state index in [0.29, 0.717) is 24.2 Å². The first-order valence-corrected chi connectivity index (χ1v) is 7.91. The highest BCUT2D eigenvalue weighted by atomic mass is 16.3. The number of hydrogen-bond donors (Lipinski definition) is 0. The first-order chi connectivity index (χ1) is 11.7. The van der Waals surface area contributed by atoms with E-state index in [4.69, 9.17) is 4.42 Å². The van der Waals surface area contributed by atoms with Crippen molar-refractivity contribution < 1.29 is 4.42 Å². The molecule has 2 heterocycles. The van der Waals surface area contributed by atoms with Crippen molar-refractivity contribution >= 4 is 11.1 Å². The van der Waals surface area contributed by atoms with Gasteiger partial charge in [-0.15, -0.1) is 10.2 Å². The van der Waals surface area contributed by atoms with Gasteiger partial charge in [0.2, 0.25) is 11.7 Å². The lowest BCUT2D eigenvalue weighted by Crippen LogP contribution is -2.04. The summed E-state index contributed by atoms with van der Waals surface area (Å²) in [5.41, 5.74) is 3.83. The molecular formula is C18H17N5O. The van der Waals surface area contributed by atoms with Crippen LogP contribution in [-0.2, 0) is 6.54 Å². The highest BCUT2D eigenvalue weighted by Crippen LogP contribution is 2.20. The summed E-state index contributed by atoms with van der Waals surface area (Å²) in [6.45, 7) is 4.69. The topological polar surface area (TPSA) is 69.6 Å². The zero-order chi connectivity index (χ0) is 16.5. The molecule has 0 atom stereocenters. The van der Waals surface area contributed by atoms with Crippen LogP contribution < -0.4 is 0 Å². The van der Waals surface area contributed by atoms with E-state index in [2.05, 4.69) is 46.4 Å². The van der Waals surface area contributed by atoms with Crippen molar-refractivity contribution in [1.29, 1.82) is 0 Å². The Bertz CT molecular complexity index is 935. The summed E-state index contributed by atoms with van der Waals surface area (Å²) in [5.74, 6) is 1.67. The van der Waals surface area contributed by atoms with Gasteiger partial charge in [-0.2, -0.15) is 4.80 Å². The molecule has 24 heavy (non-hydrogen) atoms. The van der Waals surface area contributed by atoms with Crippen LogP contribution in [0.3, 0.4) is 0 Å². The molecule has 0 unspecified atom stereocenters. The molecular weight excluding hydrogens is 302 g/mol. The first-order valence-electron chi connectivity index (χ1n) is 7.91. The first kappa shape index (κ1) is 14.6. The lowest BCUT2D eigenvalue weighted by atomic mass is 10.0. The van der Waals surface area contributed by atoms with Crippen LogP contribution in [0.25, 0.3) is 22.5 Å². The van der Waals surface area contributed by atoms with Crippen molar-refractivity contribution in [3.05, 3.63) is 60.0 Å². The SMILES string of the molecule is CC(C)c1ccc(-c2nnn(Cc3nc4ccccc4o3)n2)cc1. The van der Waals surface area contributed by atoms with Crippen molar-refractivity contribution in [2.24, 2.45) is 0 Å². The van der Waals surface area contributed by atoms with Crippen LogP contribution in [-0.4, -0.2) is 25.2 Å². The number of oxazole rings is 1. The van der Waals surface area contributed by atoms with E-state index in [1.807, 2.05) is 36.4 Å². The molecule has 0 N–H and O–H groups in total. The molecule has 0 saturated heterocycles. The molecule has 0 saturated carbocycles. The third-order valence-corrected chi connectivity index (χ3v) is 3.90. The molecule has 4 aromatic rings. The van der Waals surface area contributed by atoms with Gasteiger partial charge in [0.15, 0.2) is 5.58 Å². The summed E-state index contributed by atoms with van der Waals surface area (Å²) >= 11 is 0. The van der Waals surface area contributed by atoms with Gasteiger partial charge in [0.25, 0.3) is 0 Å². The number of para-hydroxylation sites is 2. The van der Waals surface area contributed by atoms with Crippen molar-refractivity contribution in [2.45, 2.75) is 26.3 Å². The van der Waals surface area contributed by atoms with Crippen molar-refractivity contribution in [3.8, 4) is 11.4 Å². The molecule has 6 heteroatoms. The van der Waals surface area contributed by atoms with Crippen molar-refractivity contribution in [1.82, 2.24) is 25.2 Å². The van der Waals surface area contributed by atoms with Gasteiger partial charge in [0.1, 0.15) is 12.1 Å². The summed E-state index contributed by atoms with van der Waals surface area (Å²) in [6.07, 6.45) is 0. The van der Waals surface area contributed by atoms with Gasteiger partial charge in [-0.25, -0.2) is 4.98 Å². The molecule has 2 aromatic carbocycles. The van der Waals surface area contributed by atoms with E-state index >= 15 is 0 Å². The zero-order valence-electron chi connectivity index (χ0n) is 13.5. The number of tetrazole rings is 1. The van der Waals surface area contributed by atoms with Crippen LogP contribution in [0.15, 0.2) is 52.9 Å². The number of hydrogen-bond acceptors (Lipinski definition) is 5. The van der Waals surface area contributed by atoms with Gasteiger partial charge in [-0.1, -0.05) is 50.2 Å². The van der Waals surface area contributed by atoms with Crippen molar-refractivity contribution in [2.75, 3.05) is 0 Å². The average molecular weight is 319 g/mol. The van der Waals surface area contributed by atoms with Crippen LogP contribution in [0.2, 0.25) is 0 Å². The third kappa shape index (κ3) is 2.78. The lowest BCUT2D eigenvalue weighted by Gasteiger charge is -2.04. The summed E-state index contributed by atoms with van der Waals surface area (Å²) < 4.78 is 5.69. The fourth-order valence-electron chi connectivity index (χ4n) is 2.55. The van der Waals surface area contributed by atoms with Crippen LogP contribution in [0.1, 0.15) is 31.2 Å². The number of fused-ring (bicyclic) bond motifs is 1. The molecule has 0 amide bonds. The van der Waals surface area contributed by atoms with E-state index in [1.54, 1.807) is 0 Å². The average Bonchev–Trinajstić information content (AvgIpc) is 3.21. The predicted octanol–water partition coefficient (Wildman–Crippen LogP) is 3.65. The maximum atomic E-state index is 5.69. The van der Waals surface area contributed by atoms with E-state index in [0.717, 1.165) is 16.7 Å². The minimum atomic E-state index is 0.353. The van der Waals surface area contributed by atoms with E-state index < -0.39 is 0 Å². The van der Waals surface area contributed by atoms with Gasteiger partial charge in [-0.3, -0.25) is 0 Å². The number of aromatic nitrogens is 5. The fourth-order valence-corrected chi connectivity index (χ4v) is 2.55. The van der Waals surface area contributed by atoms with Crippen LogP contribution in [0, 0.1) is 0 Å². The van der Waals surface area contributed by atoms with E-state index in [9.17, 15) is 0 Å². The van der Waals surface area contributed by atoms with Crippen LogP contribution in [0.4, 0.5) is 0 Å². The van der Waals surface area contributed by atoms with Crippen LogP contribution in [0.5, 0.6) is 0 Å². The highest BCUT2D eigenvalue weighted by Gasteiger charge is 2.10. The lowest BCUT2D eigenvalue weighted by molar-refractivity contribution is 0.459. The van der Waals surface area contributed by atoms with Gasteiger partial charge >= 0.3 is 0 Å². The molecule has 0 radical (unpaired) electrons. The second-order valence-electron chi connectivity index (χ2n) is 6.00. The Hall–Kier alpha value is -3.02. The summed E-state index contributed by atoms with van der Waals surface area (Å²) in [4.78, 5) is 5.92. The second kappa shape index (κ2) is 5.88. The molecule has 6 nitrogen and oxygen atoms in total. The quantitative estimate of drug-likeness (QED) is 0.574. The fraction of sp³-hybridized carbons (Fsp3) is 0.222. The van der Waals surface area contributed by atoms with E-state index in [-0.39, 0.29) is 0 Å². The molecule has 0 spiro atoms. The predicted molar refractivity (Wildman–Crippen MR) is 90.5 cm³/mol. The Labute approximate surface area is 139 Å². The molecule has 0 aliphatic heterocycles. The van der Waals surface area contributed by atoms with Gasteiger partial charge in [0.05, 0.1) is 0 Å². The van der Waals surface area contributed by atoms with E-state index in [1.165, 1.54) is 10.4 Å². The van der Waals surface area contributed by atoms with Gasteiger partial charge in [0, 0.05) is 5.56 Å². The minimum absolute atomic E-state index is 0.353. The summed E-state index contributed by atoms with van der Waals surface area (Å²) in [5, 5.41) is 12.6. The monoisotopic (exact) mass is 319 g/mol. The normalized spacial score (nSPS) is 11.5. The summed E-state index contributed by atoms with van der Waals surface area (Å²) in [7, 11) is 0. The molecule has 0 aliphatic carbocycles.